The molecule has 1 heterocycles. The maximum atomic E-state index is 13.0. The standard InChI is InChI=1S/C17H14Cl2F6N2O4/c1-8-13(28)27(14(29)26(8)2)4-3-5-31-12-10(18)6-9(7-11(12)19)15(30,16(20,21)22)17(23,24)25/h6-7,30H,1,3-5H2,2H3. The molecule has 0 atom stereocenters. The molecule has 31 heavy (non-hydrogen) atoms. The predicted octanol–water partition coefficient (Wildman–Crippen LogP) is 4.48. The van der Waals surface area contributed by atoms with E-state index in [2.05, 4.69) is 6.58 Å². The van der Waals surface area contributed by atoms with Gasteiger partial charge < -0.3 is 9.84 Å². The van der Waals surface area contributed by atoms with Crippen LogP contribution in [0.25, 0.3) is 0 Å². The van der Waals surface area contributed by atoms with Gasteiger partial charge in [-0.05, 0) is 18.6 Å². The van der Waals surface area contributed by atoms with Crippen LogP contribution in [0.3, 0.4) is 0 Å². The largest absolute Gasteiger partial charge is 0.490 e. The van der Waals surface area contributed by atoms with Gasteiger partial charge in [-0.3, -0.25) is 14.6 Å². The Labute approximate surface area is 181 Å². The van der Waals surface area contributed by atoms with Crippen molar-refractivity contribution in [2.45, 2.75) is 24.4 Å². The summed E-state index contributed by atoms with van der Waals surface area (Å²) in [4.78, 5) is 25.7. The first-order chi connectivity index (χ1) is 14.0. The van der Waals surface area contributed by atoms with E-state index in [1.54, 1.807) is 0 Å². The fourth-order valence-corrected chi connectivity index (χ4v) is 3.27. The number of imide groups is 1. The molecular formula is C17H14Cl2F6N2O4. The number of rotatable bonds is 6. The van der Waals surface area contributed by atoms with Gasteiger partial charge in [0.1, 0.15) is 5.70 Å². The molecule has 172 valence electrons. The maximum absolute atomic E-state index is 13.0. The second kappa shape index (κ2) is 8.40. The van der Waals surface area contributed by atoms with E-state index >= 15 is 0 Å². The number of amides is 3. The Morgan fingerprint density at radius 2 is 1.55 bits per heavy atom. The smallest absolute Gasteiger partial charge is 0.430 e. The molecule has 2 rings (SSSR count). The molecule has 1 aliphatic rings. The van der Waals surface area contributed by atoms with Crippen LogP contribution in [0.1, 0.15) is 12.0 Å². The van der Waals surface area contributed by atoms with Crippen molar-refractivity contribution in [3.05, 3.63) is 40.0 Å². The molecule has 1 aromatic carbocycles. The number of carbonyl (C=O) groups excluding carboxylic acids is 2. The van der Waals surface area contributed by atoms with Crippen LogP contribution >= 0.6 is 23.2 Å². The number of urea groups is 1. The number of nitrogens with zero attached hydrogens (tertiary/aromatic N) is 2. The highest BCUT2D eigenvalue weighted by Crippen LogP contribution is 2.52. The molecule has 1 aliphatic heterocycles. The zero-order valence-electron chi connectivity index (χ0n) is 15.6. The molecule has 1 fully saturated rings. The van der Waals surface area contributed by atoms with Gasteiger partial charge in [-0.1, -0.05) is 29.8 Å². The van der Waals surface area contributed by atoms with Crippen LogP contribution in [-0.2, 0) is 10.4 Å². The Bertz CT molecular complexity index is 882. The highest BCUT2D eigenvalue weighted by Gasteiger charge is 2.71. The number of likely N-dealkylation sites (N-methyl/N-ethyl adjacent to an activating group) is 1. The van der Waals surface area contributed by atoms with Gasteiger partial charge in [-0.25, -0.2) is 4.79 Å². The average Bonchev–Trinajstić information content (AvgIpc) is 2.81. The van der Waals surface area contributed by atoms with Crippen LogP contribution in [0, 0.1) is 0 Å². The summed E-state index contributed by atoms with van der Waals surface area (Å²) in [5.74, 6) is -1.05. The van der Waals surface area contributed by atoms with E-state index in [4.69, 9.17) is 27.9 Å². The molecular weight excluding hydrogens is 481 g/mol. The van der Waals surface area contributed by atoms with Crippen LogP contribution in [0.2, 0.25) is 10.0 Å². The van der Waals surface area contributed by atoms with Gasteiger partial charge in [0.05, 0.1) is 16.7 Å². The number of benzene rings is 1. The molecule has 0 radical (unpaired) electrons. The minimum absolute atomic E-state index is 0.0330. The molecule has 0 saturated carbocycles. The van der Waals surface area contributed by atoms with E-state index < -0.39 is 51.3 Å². The first kappa shape index (κ1) is 25.1. The molecule has 0 spiro atoms. The minimum atomic E-state index is -6.10. The maximum Gasteiger partial charge on any atom is 0.430 e. The van der Waals surface area contributed by atoms with Crippen molar-refractivity contribution >= 4 is 35.1 Å². The Morgan fingerprint density at radius 1 is 1.06 bits per heavy atom. The third-order valence-electron chi connectivity index (χ3n) is 4.42. The number of aliphatic hydroxyl groups is 1. The van der Waals surface area contributed by atoms with Crippen molar-refractivity contribution in [3.63, 3.8) is 0 Å². The van der Waals surface area contributed by atoms with Crippen LogP contribution < -0.4 is 4.74 Å². The molecule has 1 N–H and O–H groups in total. The Kier molecular flexibility index (Phi) is 6.79. The molecule has 0 aromatic heterocycles. The highest BCUT2D eigenvalue weighted by atomic mass is 35.5. The summed E-state index contributed by atoms with van der Waals surface area (Å²) in [6.45, 7) is 3.10. The molecule has 1 saturated heterocycles. The summed E-state index contributed by atoms with van der Waals surface area (Å²) in [5, 5.41) is 8.01. The fourth-order valence-electron chi connectivity index (χ4n) is 2.67. The van der Waals surface area contributed by atoms with Crippen LogP contribution in [0.15, 0.2) is 24.4 Å². The average molecular weight is 495 g/mol. The second-order valence-corrected chi connectivity index (χ2v) is 7.24. The lowest BCUT2D eigenvalue weighted by Gasteiger charge is -2.33. The van der Waals surface area contributed by atoms with Gasteiger partial charge in [-0.2, -0.15) is 26.3 Å². The van der Waals surface area contributed by atoms with Gasteiger partial charge in [0, 0.05) is 19.2 Å². The minimum Gasteiger partial charge on any atom is -0.490 e. The van der Waals surface area contributed by atoms with Crippen molar-refractivity contribution in [2.75, 3.05) is 20.2 Å². The lowest BCUT2D eigenvalue weighted by atomic mass is 9.92. The normalized spacial score (nSPS) is 15.9. The zero-order chi connectivity index (χ0) is 23.9. The summed E-state index contributed by atoms with van der Waals surface area (Å²) in [5.41, 5.74) is -6.87. The molecule has 0 aliphatic carbocycles. The molecule has 3 amide bonds. The van der Waals surface area contributed by atoms with Gasteiger partial charge in [-0.15, -0.1) is 0 Å². The van der Waals surface area contributed by atoms with Gasteiger partial charge in [0.15, 0.2) is 5.75 Å². The first-order valence-corrected chi connectivity index (χ1v) is 9.06. The second-order valence-electron chi connectivity index (χ2n) is 6.42. The zero-order valence-corrected chi connectivity index (χ0v) is 17.1. The van der Waals surface area contributed by atoms with Crippen LogP contribution in [0.5, 0.6) is 5.75 Å². The van der Waals surface area contributed by atoms with Crippen molar-refractivity contribution in [1.82, 2.24) is 9.80 Å². The third kappa shape index (κ3) is 4.41. The Balaban J connectivity index is 2.16. The summed E-state index contributed by atoms with van der Waals surface area (Å²) in [6, 6.07) is -0.124. The summed E-state index contributed by atoms with van der Waals surface area (Å²) >= 11 is 11.5. The van der Waals surface area contributed by atoms with Crippen molar-refractivity contribution in [2.24, 2.45) is 0 Å². The van der Waals surface area contributed by atoms with Crippen molar-refractivity contribution < 1.29 is 45.8 Å². The third-order valence-corrected chi connectivity index (χ3v) is 4.99. The summed E-state index contributed by atoms with van der Waals surface area (Å²) in [6.07, 6.45) is -12.2. The number of hydrogen-bond acceptors (Lipinski definition) is 4. The van der Waals surface area contributed by atoms with E-state index in [1.165, 1.54) is 7.05 Å². The first-order valence-electron chi connectivity index (χ1n) is 8.30. The van der Waals surface area contributed by atoms with E-state index in [0.29, 0.717) is 0 Å². The molecule has 0 bridgehead atoms. The highest BCUT2D eigenvalue weighted by molar-refractivity contribution is 6.37. The van der Waals surface area contributed by atoms with E-state index in [9.17, 15) is 41.0 Å². The van der Waals surface area contributed by atoms with Crippen molar-refractivity contribution in [3.8, 4) is 5.75 Å². The van der Waals surface area contributed by atoms with Crippen LogP contribution in [-0.4, -0.2) is 59.4 Å². The predicted molar refractivity (Wildman–Crippen MR) is 96.6 cm³/mol. The van der Waals surface area contributed by atoms with Crippen molar-refractivity contribution in [1.29, 1.82) is 0 Å². The lowest BCUT2D eigenvalue weighted by molar-refractivity contribution is -0.376. The topological polar surface area (TPSA) is 70.1 Å². The molecule has 6 nitrogen and oxygen atoms in total. The molecule has 1 aromatic rings. The van der Waals surface area contributed by atoms with Gasteiger partial charge >= 0.3 is 18.4 Å². The number of carbonyl (C=O) groups is 2. The fraction of sp³-hybridized carbons (Fsp3) is 0.412. The molecule has 0 unspecified atom stereocenters. The van der Waals surface area contributed by atoms with E-state index in [1.807, 2.05) is 0 Å². The summed E-state index contributed by atoms with van der Waals surface area (Å²) in [7, 11) is 1.35. The number of hydrogen-bond donors (Lipinski definition) is 1. The van der Waals surface area contributed by atoms with Gasteiger partial charge in [0.25, 0.3) is 11.5 Å². The number of alkyl halides is 6. The Morgan fingerprint density at radius 3 is 1.94 bits per heavy atom. The molecule has 14 heteroatoms. The van der Waals surface area contributed by atoms with Gasteiger partial charge in [0.2, 0.25) is 0 Å². The number of ether oxygens (including phenoxy) is 1. The number of halogens is 8. The lowest BCUT2D eigenvalue weighted by Crippen LogP contribution is -2.53. The Hall–Kier alpha value is -2.18. The quantitative estimate of drug-likeness (QED) is 0.274. The van der Waals surface area contributed by atoms with Crippen LogP contribution in [0.4, 0.5) is 31.1 Å². The van der Waals surface area contributed by atoms with E-state index in [-0.39, 0.29) is 37.4 Å². The summed E-state index contributed by atoms with van der Waals surface area (Å²) < 4.78 is 83.2. The van der Waals surface area contributed by atoms with E-state index in [0.717, 1.165) is 9.80 Å². The SMILES string of the molecule is C=C1C(=O)N(CCCOc2c(Cl)cc(C(O)(C(F)(F)F)C(F)(F)F)cc2Cl)C(=O)N1C. The monoisotopic (exact) mass is 494 g/mol.